The Hall–Kier alpha value is -1.50. The van der Waals surface area contributed by atoms with Crippen molar-refractivity contribution in [3.8, 4) is 0 Å². The molecule has 0 saturated heterocycles. The molecule has 0 spiro atoms. The van der Waals surface area contributed by atoms with Gasteiger partial charge in [-0.05, 0) is 22.0 Å². The standard InChI is InChI=1S/C7H5BrN2O4/c1-4-6(9(11)12)3-2-5(8)7(4)10(13)14/h2-3,7H,1H2. The van der Waals surface area contributed by atoms with Crippen molar-refractivity contribution in [3.05, 3.63) is 54.7 Å². The van der Waals surface area contributed by atoms with Crippen molar-refractivity contribution >= 4 is 15.9 Å². The van der Waals surface area contributed by atoms with Crippen LogP contribution in [0.2, 0.25) is 0 Å². The first-order chi connectivity index (χ1) is 6.45. The largest absolute Gasteiger partial charge is 0.279 e. The highest BCUT2D eigenvalue weighted by atomic mass is 79.9. The molecule has 74 valence electrons. The molecule has 1 aliphatic carbocycles. The van der Waals surface area contributed by atoms with Crippen molar-refractivity contribution in [2.45, 2.75) is 6.04 Å². The highest BCUT2D eigenvalue weighted by molar-refractivity contribution is 9.11. The smallest absolute Gasteiger partial charge is 0.263 e. The normalized spacial score (nSPS) is 21.2. The number of nitrogens with zero attached hydrogens (tertiary/aromatic N) is 2. The molecule has 0 fully saturated rings. The molecule has 0 N–H and O–H groups in total. The molecule has 0 radical (unpaired) electrons. The van der Waals surface area contributed by atoms with Gasteiger partial charge in [-0.25, -0.2) is 0 Å². The summed E-state index contributed by atoms with van der Waals surface area (Å²) in [4.78, 5) is 19.7. The minimum absolute atomic E-state index is 0.116. The summed E-state index contributed by atoms with van der Waals surface area (Å²) in [5.41, 5.74) is -0.440. The zero-order valence-electron chi connectivity index (χ0n) is 6.84. The van der Waals surface area contributed by atoms with Crippen LogP contribution in [0.25, 0.3) is 0 Å². The van der Waals surface area contributed by atoms with Gasteiger partial charge in [0.1, 0.15) is 5.57 Å². The van der Waals surface area contributed by atoms with Gasteiger partial charge in [-0.1, -0.05) is 6.58 Å². The average molecular weight is 261 g/mol. The fraction of sp³-hybridized carbons (Fsp3) is 0.143. The van der Waals surface area contributed by atoms with E-state index >= 15 is 0 Å². The summed E-state index contributed by atoms with van der Waals surface area (Å²) >= 11 is 2.96. The number of rotatable bonds is 2. The Morgan fingerprint density at radius 3 is 2.36 bits per heavy atom. The summed E-state index contributed by atoms with van der Waals surface area (Å²) in [5.74, 6) is 0. The Balaban J connectivity index is 3.14. The van der Waals surface area contributed by atoms with Gasteiger partial charge in [0.2, 0.25) is 0 Å². The van der Waals surface area contributed by atoms with E-state index in [1.807, 2.05) is 0 Å². The second-order valence-corrected chi connectivity index (χ2v) is 3.49. The minimum atomic E-state index is -1.25. The number of nitro groups is 2. The predicted molar refractivity (Wildman–Crippen MR) is 52.0 cm³/mol. The molecule has 0 heterocycles. The summed E-state index contributed by atoms with van der Waals surface area (Å²) < 4.78 is 0.262. The molecule has 0 aromatic carbocycles. The van der Waals surface area contributed by atoms with Gasteiger partial charge in [0.05, 0.1) is 9.41 Å². The SMILES string of the molecule is C=C1C([N+](=O)[O-])=CC=C(Br)C1[N+](=O)[O-]. The third-order valence-corrected chi connectivity index (χ3v) is 2.43. The lowest BCUT2D eigenvalue weighted by atomic mass is 10.0. The summed E-state index contributed by atoms with van der Waals surface area (Å²) in [6.07, 6.45) is 2.48. The van der Waals surface area contributed by atoms with Crippen LogP contribution in [0.4, 0.5) is 0 Å². The van der Waals surface area contributed by atoms with Crippen LogP contribution in [0.1, 0.15) is 0 Å². The minimum Gasteiger partial charge on any atom is -0.263 e. The molecule has 1 unspecified atom stereocenters. The predicted octanol–water partition coefficient (Wildman–Crippen LogP) is 1.64. The van der Waals surface area contributed by atoms with Crippen molar-refractivity contribution < 1.29 is 9.85 Å². The Labute approximate surface area is 87.0 Å². The van der Waals surface area contributed by atoms with Gasteiger partial charge in [-0.15, -0.1) is 0 Å². The fourth-order valence-corrected chi connectivity index (χ4v) is 1.64. The molecule has 0 aromatic heterocycles. The zero-order chi connectivity index (χ0) is 10.9. The molecule has 0 aliphatic heterocycles. The van der Waals surface area contributed by atoms with Crippen LogP contribution >= 0.6 is 15.9 Å². The fourth-order valence-electron chi connectivity index (χ4n) is 1.07. The van der Waals surface area contributed by atoms with E-state index in [0.29, 0.717) is 0 Å². The van der Waals surface area contributed by atoms with E-state index in [4.69, 9.17) is 0 Å². The number of allylic oxidation sites excluding steroid dienone is 2. The molecule has 0 saturated carbocycles. The van der Waals surface area contributed by atoms with E-state index in [0.717, 1.165) is 0 Å². The number of halogens is 1. The molecule has 6 nitrogen and oxygen atoms in total. The Kier molecular flexibility index (Phi) is 2.80. The lowest BCUT2D eigenvalue weighted by Gasteiger charge is -2.12. The van der Waals surface area contributed by atoms with Crippen molar-refractivity contribution in [2.24, 2.45) is 0 Å². The highest BCUT2D eigenvalue weighted by Gasteiger charge is 2.37. The second kappa shape index (κ2) is 3.70. The lowest BCUT2D eigenvalue weighted by molar-refractivity contribution is -0.505. The first kappa shape index (κ1) is 10.6. The van der Waals surface area contributed by atoms with Gasteiger partial charge in [0.15, 0.2) is 0 Å². The topological polar surface area (TPSA) is 86.3 Å². The Bertz CT molecular complexity index is 385. The number of hydrogen-bond acceptors (Lipinski definition) is 4. The van der Waals surface area contributed by atoms with Gasteiger partial charge < -0.3 is 0 Å². The van der Waals surface area contributed by atoms with Gasteiger partial charge in [-0.3, -0.25) is 20.2 Å². The quantitative estimate of drug-likeness (QED) is 0.558. The second-order valence-electron chi connectivity index (χ2n) is 2.57. The zero-order valence-corrected chi connectivity index (χ0v) is 8.43. The molecular weight excluding hydrogens is 256 g/mol. The monoisotopic (exact) mass is 260 g/mol. The summed E-state index contributed by atoms with van der Waals surface area (Å²) in [6, 6.07) is -1.25. The van der Waals surface area contributed by atoms with Gasteiger partial charge in [-0.2, -0.15) is 0 Å². The van der Waals surface area contributed by atoms with Crippen molar-refractivity contribution in [1.82, 2.24) is 0 Å². The molecule has 1 aliphatic rings. The van der Waals surface area contributed by atoms with Crippen LogP contribution in [-0.2, 0) is 0 Å². The maximum Gasteiger partial charge on any atom is 0.279 e. The van der Waals surface area contributed by atoms with E-state index in [1.165, 1.54) is 12.2 Å². The average Bonchev–Trinajstić information content (AvgIpc) is 2.02. The molecule has 1 atom stereocenters. The van der Waals surface area contributed by atoms with Crippen LogP contribution in [0.5, 0.6) is 0 Å². The third-order valence-electron chi connectivity index (χ3n) is 1.73. The lowest BCUT2D eigenvalue weighted by Crippen LogP contribution is -2.26. The van der Waals surface area contributed by atoms with E-state index < -0.39 is 15.9 Å². The van der Waals surface area contributed by atoms with Gasteiger partial charge >= 0.3 is 0 Å². The van der Waals surface area contributed by atoms with Crippen molar-refractivity contribution in [1.29, 1.82) is 0 Å². The van der Waals surface area contributed by atoms with Crippen LogP contribution in [0, 0.1) is 20.2 Å². The Morgan fingerprint density at radius 2 is 1.93 bits per heavy atom. The molecule has 0 aromatic rings. The third kappa shape index (κ3) is 1.72. The van der Waals surface area contributed by atoms with Crippen LogP contribution in [0.15, 0.2) is 34.5 Å². The van der Waals surface area contributed by atoms with Gasteiger partial charge in [0.25, 0.3) is 11.7 Å². The highest BCUT2D eigenvalue weighted by Crippen LogP contribution is 2.29. The van der Waals surface area contributed by atoms with Crippen LogP contribution < -0.4 is 0 Å². The van der Waals surface area contributed by atoms with Crippen LogP contribution in [0.3, 0.4) is 0 Å². The van der Waals surface area contributed by atoms with E-state index in [1.54, 1.807) is 0 Å². The van der Waals surface area contributed by atoms with E-state index in [-0.39, 0.29) is 15.8 Å². The summed E-state index contributed by atoms with van der Waals surface area (Å²) in [5, 5.41) is 21.0. The van der Waals surface area contributed by atoms with E-state index in [2.05, 4.69) is 22.5 Å². The molecule has 0 bridgehead atoms. The molecular formula is C7H5BrN2O4. The Morgan fingerprint density at radius 1 is 1.36 bits per heavy atom. The van der Waals surface area contributed by atoms with E-state index in [9.17, 15) is 20.2 Å². The number of hydrogen-bond donors (Lipinski definition) is 0. The molecule has 0 amide bonds. The molecule has 1 rings (SSSR count). The maximum atomic E-state index is 10.6. The van der Waals surface area contributed by atoms with Crippen molar-refractivity contribution in [2.75, 3.05) is 0 Å². The van der Waals surface area contributed by atoms with Crippen LogP contribution in [-0.4, -0.2) is 15.9 Å². The first-order valence-corrected chi connectivity index (χ1v) is 4.29. The van der Waals surface area contributed by atoms with Crippen molar-refractivity contribution in [3.63, 3.8) is 0 Å². The summed E-state index contributed by atoms with van der Waals surface area (Å²) in [7, 11) is 0. The first-order valence-electron chi connectivity index (χ1n) is 3.49. The molecule has 7 heteroatoms. The summed E-state index contributed by atoms with van der Waals surface area (Å²) in [6.45, 7) is 3.35. The maximum absolute atomic E-state index is 10.6. The van der Waals surface area contributed by atoms with Gasteiger partial charge in [0, 0.05) is 11.0 Å². The molecule has 14 heavy (non-hydrogen) atoms.